The summed E-state index contributed by atoms with van der Waals surface area (Å²) in [5, 5.41) is 21.4. The van der Waals surface area contributed by atoms with Crippen LogP contribution in [-0.4, -0.2) is 97.7 Å². The van der Waals surface area contributed by atoms with Crippen molar-refractivity contribution in [2.24, 2.45) is 0 Å². The number of aliphatic hydroxyl groups is 2. The van der Waals surface area contributed by atoms with Gasteiger partial charge in [0.15, 0.2) is 17.8 Å². The van der Waals surface area contributed by atoms with Crippen LogP contribution in [0.25, 0.3) is 22.3 Å². The average Bonchev–Trinajstić information content (AvgIpc) is 3.65. The number of carbonyl (C=O) groups is 1. The molecule has 0 unspecified atom stereocenters. The summed E-state index contributed by atoms with van der Waals surface area (Å²) in [4.78, 5) is 15.8. The fourth-order valence-electron chi connectivity index (χ4n) is 5.05. The van der Waals surface area contributed by atoms with Crippen molar-refractivity contribution in [3.8, 4) is 22.9 Å². The molecule has 2 aliphatic heterocycles. The molecule has 3 N–H and O–H groups in total. The molecule has 0 spiro atoms. The summed E-state index contributed by atoms with van der Waals surface area (Å²) in [7, 11) is -1.30. The first kappa shape index (κ1) is 31.4. The first-order valence-electron chi connectivity index (χ1n) is 14.6. The van der Waals surface area contributed by atoms with E-state index in [-0.39, 0.29) is 25.6 Å². The summed E-state index contributed by atoms with van der Waals surface area (Å²) in [5.74, 6) is 0.154. The molecule has 1 aromatic carbocycles. The second kappa shape index (κ2) is 13.7. The molecule has 0 radical (unpaired) electrons. The third-order valence-corrected chi connectivity index (χ3v) is 9.16. The minimum absolute atomic E-state index is 0.171. The maximum atomic E-state index is 15.5. The molecule has 2 aromatic heterocycles. The normalized spacial score (nSPS) is 21.7. The zero-order valence-corrected chi connectivity index (χ0v) is 25.8. The summed E-state index contributed by atoms with van der Waals surface area (Å²) >= 11 is 0. The number of aromatic nitrogens is 2. The van der Waals surface area contributed by atoms with E-state index in [9.17, 15) is 9.90 Å². The van der Waals surface area contributed by atoms with E-state index in [1.54, 1.807) is 34.9 Å². The van der Waals surface area contributed by atoms with Crippen LogP contribution < -0.4 is 14.8 Å². The van der Waals surface area contributed by atoms with Gasteiger partial charge in [-0.1, -0.05) is 19.6 Å². The summed E-state index contributed by atoms with van der Waals surface area (Å²) in [6.45, 7) is 8.29. The van der Waals surface area contributed by atoms with E-state index in [1.165, 1.54) is 6.07 Å². The van der Waals surface area contributed by atoms with Crippen LogP contribution in [-0.2, 0) is 25.7 Å². The maximum absolute atomic E-state index is 15.5. The van der Waals surface area contributed by atoms with Gasteiger partial charge in [-0.05, 0) is 36.7 Å². The molecule has 4 heterocycles. The van der Waals surface area contributed by atoms with Gasteiger partial charge in [0.2, 0.25) is 5.91 Å². The summed E-state index contributed by atoms with van der Waals surface area (Å²) in [6, 6.07) is 11.2. The molecule has 5 rings (SSSR count). The van der Waals surface area contributed by atoms with Crippen molar-refractivity contribution < 1.29 is 43.1 Å². The predicted molar refractivity (Wildman–Crippen MR) is 159 cm³/mol. The van der Waals surface area contributed by atoms with Gasteiger partial charge >= 0.3 is 0 Å². The van der Waals surface area contributed by atoms with E-state index < -0.39 is 50.8 Å². The highest BCUT2D eigenvalue weighted by atomic mass is 28.3. The highest BCUT2D eigenvalue weighted by Gasteiger charge is 2.48. The number of amides is 1. The topological polar surface area (TPSA) is 134 Å². The van der Waals surface area contributed by atoms with Crippen LogP contribution in [0.5, 0.6) is 11.6 Å². The van der Waals surface area contributed by atoms with Crippen LogP contribution in [0, 0.1) is 5.82 Å². The third kappa shape index (κ3) is 7.72. The van der Waals surface area contributed by atoms with E-state index in [1.807, 2.05) is 0 Å². The Morgan fingerprint density at radius 1 is 1.14 bits per heavy atom. The Balaban J connectivity index is 1.33. The molecule has 2 fully saturated rings. The van der Waals surface area contributed by atoms with E-state index in [0.29, 0.717) is 54.4 Å². The monoisotopic (exact) mass is 617 g/mol. The molecular formula is C30H40FN3O8Si. The molecule has 1 amide bonds. The minimum atomic E-state index is -1.30. The van der Waals surface area contributed by atoms with Gasteiger partial charge < -0.3 is 39.2 Å². The number of aliphatic hydroxyl groups excluding tert-OH is 2. The van der Waals surface area contributed by atoms with Crippen LogP contribution in [0.1, 0.15) is 6.42 Å². The Bertz CT molecular complexity index is 1400. The number of nitrogens with one attached hydrogen (secondary N) is 1. The third-order valence-electron chi connectivity index (χ3n) is 7.46. The molecule has 234 valence electrons. The quantitative estimate of drug-likeness (QED) is 0.184. The predicted octanol–water partition coefficient (Wildman–Crippen LogP) is 2.94. The van der Waals surface area contributed by atoms with Crippen molar-refractivity contribution in [3.63, 3.8) is 0 Å². The smallest absolute Gasteiger partial charge is 0.245 e. The molecular weight excluding hydrogens is 577 g/mol. The lowest BCUT2D eigenvalue weighted by molar-refractivity contribution is -0.123. The zero-order chi connectivity index (χ0) is 30.6. The Morgan fingerprint density at radius 3 is 2.65 bits per heavy atom. The standard InChI is InChI=1S/C30H40FN3O8Si/c1-43(2,3)12-11-38-18-34-23-13-21(31)28(19-5-7-20(8-6-19)39-10-4-9-32-26(37)15-35)33-22(23)14-27(34)42-25-17-41-29-24(36)16-40-30(25)29/h5-8,13-14,24-25,29-30,35-36H,4,9-12,15-18H2,1-3H3,(H,32,37)/t24-,25-,29-,30-/m1/s1. The Hall–Kier alpha value is -3.07. The maximum Gasteiger partial charge on any atom is 0.245 e. The summed E-state index contributed by atoms with van der Waals surface area (Å²) in [6.07, 6.45) is -1.38. The number of ether oxygens (including phenoxy) is 5. The van der Waals surface area contributed by atoms with Gasteiger partial charge in [-0.2, -0.15) is 0 Å². The number of benzene rings is 1. The summed E-state index contributed by atoms with van der Waals surface area (Å²) in [5.41, 5.74) is 1.87. The number of fused-ring (bicyclic) bond motifs is 2. The van der Waals surface area contributed by atoms with Gasteiger partial charge in [0.05, 0.1) is 30.9 Å². The number of nitrogens with zero attached hydrogens (tertiary/aromatic N) is 2. The first-order valence-corrected chi connectivity index (χ1v) is 18.3. The second-order valence-electron chi connectivity index (χ2n) is 12.0. The Kier molecular flexibility index (Phi) is 9.99. The van der Waals surface area contributed by atoms with Crippen molar-refractivity contribution in [1.29, 1.82) is 0 Å². The molecule has 0 aliphatic carbocycles. The van der Waals surface area contributed by atoms with Gasteiger partial charge in [0, 0.05) is 38.9 Å². The van der Waals surface area contributed by atoms with Crippen LogP contribution >= 0.6 is 0 Å². The van der Waals surface area contributed by atoms with E-state index in [0.717, 1.165) is 6.04 Å². The van der Waals surface area contributed by atoms with E-state index in [2.05, 4.69) is 29.9 Å². The minimum Gasteiger partial charge on any atom is -0.494 e. The molecule has 43 heavy (non-hydrogen) atoms. The lowest BCUT2D eigenvalue weighted by atomic mass is 10.1. The number of hydrogen-bond acceptors (Lipinski definition) is 9. The Labute approximate surface area is 250 Å². The van der Waals surface area contributed by atoms with Crippen LogP contribution in [0.3, 0.4) is 0 Å². The Morgan fingerprint density at radius 2 is 1.91 bits per heavy atom. The molecule has 4 atom stereocenters. The molecule has 13 heteroatoms. The van der Waals surface area contributed by atoms with E-state index in [4.69, 9.17) is 28.8 Å². The van der Waals surface area contributed by atoms with Crippen LogP contribution in [0.15, 0.2) is 36.4 Å². The second-order valence-corrected chi connectivity index (χ2v) is 17.7. The van der Waals surface area contributed by atoms with Crippen LogP contribution in [0.4, 0.5) is 4.39 Å². The first-order chi connectivity index (χ1) is 20.6. The SMILES string of the molecule is C[Si](C)(C)CCOCn1c(O[C@@H]2CO[C@H]3[C@@H]2OC[C@H]3O)cc2nc(-c3ccc(OCCCNC(=O)CO)cc3)c(F)cc21. The largest absolute Gasteiger partial charge is 0.494 e. The molecule has 2 aliphatic rings. The number of rotatable bonds is 14. The van der Waals surface area contributed by atoms with Gasteiger partial charge in [0.25, 0.3) is 0 Å². The fraction of sp³-hybridized carbons (Fsp3) is 0.533. The van der Waals surface area contributed by atoms with Gasteiger partial charge in [-0.15, -0.1) is 0 Å². The molecule has 11 nitrogen and oxygen atoms in total. The lowest BCUT2D eigenvalue weighted by Crippen LogP contribution is -2.35. The number of carbonyl (C=O) groups excluding carboxylic acids is 1. The van der Waals surface area contributed by atoms with E-state index >= 15 is 4.39 Å². The molecule has 3 aromatic rings. The van der Waals surface area contributed by atoms with Gasteiger partial charge in [0.1, 0.15) is 43.1 Å². The van der Waals surface area contributed by atoms with Crippen molar-refractivity contribution >= 4 is 25.0 Å². The van der Waals surface area contributed by atoms with Gasteiger partial charge in [-0.25, -0.2) is 9.37 Å². The molecule has 2 saturated heterocycles. The molecule has 0 saturated carbocycles. The molecule has 0 bridgehead atoms. The van der Waals surface area contributed by atoms with Crippen LogP contribution in [0.2, 0.25) is 25.7 Å². The lowest BCUT2D eigenvalue weighted by Gasteiger charge is -2.20. The fourth-order valence-corrected chi connectivity index (χ4v) is 5.81. The zero-order valence-electron chi connectivity index (χ0n) is 24.8. The van der Waals surface area contributed by atoms with Crippen molar-refractivity contribution in [3.05, 3.63) is 42.2 Å². The highest BCUT2D eigenvalue weighted by molar-refractivity contribution is 6.76. The van der Waals surface area contributed by atoms with Crippen molar-refractivity contribution in [2.45, 2.75) is 63.3 Å². The highest BCUT2D eigenvalue weighted by Crippen LogP contribution is 2.34. The van der Waals surface area contributed by atoms with Crippen molar-refractivity contribution in [1.82, 2.24) is 14.9 Å². The van der Waals surface area contributed by atoms with Gasteiger partial charge in [-0.3, -0.25) is 9.36 Å². The number of pyridine rings is 1. The number of halogens is 1. The summed E-state index contributed by atoms with van der Waals surface area (Å²) < 4.78 is 46.9. The number of hydrogen-bond donors (Lipinski definition) is 3. The van der Waals surface area contributed by atoms with Crippen molar-refractivity contribution in [2.75, 3.05) is 39.6 Å². The average molecular weight is 618 g/mol.